The Labute approximate surface area is 74.5 Å². The third-order valence-corrected chi connectivity index (χ3v) is 3.34. The predicted octanol–water partition coefficient (Wildman–Crippen LogP) is -0.491. The fourth-order valence-electron chi connectivity index (χ4n) is 2.59. The van der Waals surface area contributed by atoms with E-state index in [-0.39, 0.29) is 11.8 Å². The molecule has 2 aliphatic carbocycles. The fourth-order valence-corrected chi connectivity index (χ4v) is 2.59. The van der Waals surface area contributed by atoms with E-state index in [1.165, 1.54) is 0 Å². The molecule has 2 aliphatic rings. The number of hydrogen-bond acceptors (Lipinski definition) is 3. The van der Waals surface area contributed by atoms with Crippen LogP contribution in [-0.2, 0) is 9.59 Å². The van der Waals surface area contributed by atoms with E-state index in [4.69, 9.17) is 15.9 Å². The van der Waals surface area contributed by atoms with Crippen LogP contribution in [0.3, 0.4) is 0 Å². The second-order valence-electron chi connectivity index (χ2n) is 3.94. The Morgan fingerprint density at radius 3 is 2.38 bits per heavy atom. The van der Waals surface area contributed by atoms with Crippen LogP contribution in [0, 0.1) is 17.8 Å². The lowest BCUT2D eigenvalue weighted by molar-refractivity contribution is -0.145. The number of rotatable bonds is 2. The molecule has 4 N–H and O–H groups in total. The van der Waals surface area contributed by atoms with Crippen LogP contribution < -0.4 is 5.73 Å². The predicted molar refractivity (Wildman–Crippen MR) is 41.9 cm³/mol. The number of nitrogens with two attached hydrogens (primary N) is 1. The smallest absolute Gasteiger partial charge is 0.324 e. The zero-order valence-corrected chi connectivity index (χ0v) is 6.93. The third-order valence-electron chi connectivity index (χ3n) is 3.34. The van der Waals surface area contributed by atoms with Crippen LogP contribution >= 0.6 is 0 Å². The van der Waals surface area contributed by atoms with Crippen LogP contribution in [0.4, 0.5) is 0 Å². The van der Waals surface area contributed by atoms with Gasteiger partial charge in [0.25, 0.3) is 0 Å². The van der Waals surface area contributed by atoms with Crippen molar-refractivity contribution in [2.24, 2.45) is 23.5 Å². The first kappa shape index (κ1) is 8.50. The van der Waals surface area contributed by atoms with Crippen LogP contribution in [-0.4, -0.2) is 27.7 Å². The SMILES string of the molecule is N[C@@]1(C(=O)O)CC[C@H]2[C@H](C(=O)O)[C@@H]21. The highest BCUT2D eigenvalue weighted by atomic mass is 16.4. The summed E-state index contributed by atoms with van der Waals surface area (Å²) in [4.78, 5) is 21.4. The quantitative estimate of drug-likeness (QED) is 0.539. The van der Waals surface area contributed by atoms with Crippen molar-refractivity contribution in [1.82, 2.24) is 0 Å². The van der Waals surface area contributed by atoms with E-state index >= 15 is 0 Å². The van der Waals surface area contributed by atoms with E-state index in [0.717, 1.165) is 0 Å². The summed E-state index contributed by atoms with van der Waals surface area (Å²) in [5.74, 6) is -2.84. The molecule has 2 rings (SSSR count). The standard InChI is InChI=1S/C8H11NO4/c9-8(7(12)13)2-1-3-4(5(3)8)6(10)11/h3-5H,1-2,9H2,(H,10,11)(H,12,13)/t3-,4-,5+,8-/m0/s1. The van der Waals surface area contributed by atoms with Crippen molar-refractivity contribution >= 4 is 11.9 Å². The fraction of sp³-hybridized carbons (Fsp3) is 0.750. The highest BCUT2D eigenvalue weighted by Crippen LogP contribution is 2.61. The number of aliphatic carboxylic acids is 2. The van der Waals surface area contributed by atoms with Crippen molar-refractivity contribution in [1.29, 1.82) is 0 Å². The molecule has 72 valence electrons. The van der Waals surface area contributed by atoms with Gasteiger partial charge in [0.15, 0.2) is 0 Å². The summed E-state index contributed by atoms with van der Waals surface area (Å²) in [5.41, 5.74) is 4.37. The second kappa shape index (κ2) is 2.23. The van der Waals surface area contributed by atoms with Crippen LogP contribution in [0.15, 0.2) is 0 Å². The van der Waals surface area contributed by atoms with Crippen molar-refractivity contribution in [3.63, 3.8) is 0 Å². The van der Waals surface area contributed by atoms with Crippen LogP contribution in [0.1, 0.15) is 12.8 Å². The number of carbonyl (C=O) groups is 2. The Kier molecular flexibility index (Phi) is 1.46. The van der Waals surface area contributed by atoms with Gasteiger partial charge in [0.05, 0.1) is 5.92 Å². The number of fused-ring (bicyclic) bond motifs is 1. The molecule has 0 aromatic carbocycles. The van der Waals surface area contributed by atoms with Gasteiger partial charge >= 0.3 is 11.9 Å². The van der Waals surface area contributed by atoms with Gasteiger partial charge in [-0.3, -0.25) is 9.59 Å². The first-order valence-electron chi connectivity index (χ1n) is 4.23. The van der Waals surface area contributed by atoms with E-state index in [0.29, 0.717) is 12.8 Å². The van der Waals surface area contributed by atoms with E-state index < -0.39 is 23.4 Å². The summed E-state index contributed by atoms with van der Waals surface area (Å²) >= 11 is 0. The first-order valence-corrected chi connectivity index (χ1v) is 4.23. The zero-order valence-electron chi connectivity index (χ0n) is 6.93. The van der Waals surface area contributed by atoms with Crippen molar-refractivity contribution < 1.29 is 19.8 Å². The van der Waals surface area contributed by atoms with Gasteiger partial charge in [0.2, 0.25) is 0 Å². The average Bonchev–Trinajstić information content (AvgIpc) is 2.66. The topological polar surface area (TPSA) is 101 Å². The molecule has 5 nitrogen and oxygen atoms in total. The Morgan fingerprint density at radius 2 is 2.00 bits per heavy atom. The molecule has 4 atom stereocenters. The molecular formula is C8H11NO4. The van der Waals surface area contributed by atoms with E-state index in [9.17, 15) is 9.59 Å². The molecule has 0 aromatic heterocycles. The minimum absolute atomic E-state index is 0.00130. The van der Waals surface area contributed by atoms with Gasteiger partial charge in [-0.25, -0.2) is 0 Å². The molecule has 5 heteroatoms. The second-order valence-corrected chi connectivity index (χ2v) is 3.94. The van der Waals surface area contributed by atoms with E-state index in [1.807, 2.05) is 0 Å². The molecule has 13 heavy (non-hydrogen) atoms. The summed E-state index contributed by atoms with van der Waals surface area (Å²) in [6, 6.07) is 0. The highest BCUT2D eigenvalue weighted by molar-refractivity contribution is 5.85. The van der Waals surface area contributed by atoms with Gasteiger partial charge in [-0.05, 0) is 18.8 Å². The molecule has 0 spiro atoms. The summed E-state index contributed by atoms with van der Waals surface area (Å²) in [6.07, 6.45) is 1.03. The molecule has 0 bridgehead atoms. The number of carboxylic acid groups (broad SMARTS) is 2. The first-order chi connectivity index (χ1) is 5.98. The van der Waals surface area contributed by atoms with Gasteiger partial charge in [-0.15, -0.1) is 0 Å². The lowest BCUT2D eigenvalue weighted by Gasteiger charge is -2.20. The Balaban J connectivity index is 2.20. The summed E-state index contributed by atoms with van der Waals surface area (Å²) in [5, 5.41) is 17.6. The maximum atomic E-state index is 10.8. The summed E-state index contributed by atoms with van der Waals surface area (Å²) in [7, 11) is 0. The molecule has 2 fully saturated rings. The lowest BCUT2D eigenvalue weighted by Crippen LogP contribution is -2.49. The van der Waals surface area contributed by atoms with Crippen molar-refractivity contribution in [2.75, 3.05) is 0 Å². The molecule has 0 heterocycles. The van der Waals surface area contributed by atoms with Crippen molar-refractivity contribution in [2.45, 2.75) is 18.4 Å². The normalized spacial score (nSPS) is 47.0. The van der Waals surface area contributed by atoms with Gasteiger partial charge in [-0.2, -0.15) is 0 Å². The molecule has 2 saturated carbocycles. The molecular weight excluding hydrogens is 174 g/mol. The minimum Gasteiger partial charge on any atom is -0.481 e. The Hall–Kier alpha value is -1.10. The molecule has 0 amide bonds. The minimum atomic E-state index is -1.28. The third kappa shape index (κ3) is 0.904. The van der Waals surface area contributed by atoms with Crippen LogP contribution in [0.5, 0.6) is 0 Å². The van der Waals surface area contributed by atoms with Crippen LogP contribution in [0.2, 0.25) is 0 Å². The molecule has 0 aliphatic heterocycles. The van der Waals surface area contributed by atoms with Gasteiger partial charge in [-0.1, -0.05) is 0 Å². The maximum Gasteiger partial charge on any atom is 0.324 e. The monoisotopic (exact) mass is 185 g/mol. The van der Waals surface area contributed by atoms with E-state index in [2.05, 4.69) is 0 Å². The highest BCUT2D eigenvalue weighted by Gasteiger charge is 2.69. The Morgan fingerprint density at radius 1 is 1.38 bits per heavy atom. The van der Waals surface area contributed by atoms with Gasteiger partial charge in [0.1, 0.15) is 5.54 Å². The molecule has 0 radical (unpaired) electrons. The molecule has 0 unspecified atom stereocenters. The van der Waals surface area contributed by atoms with Crippen molar-refractivity contribution in [3.05, 3.63) is 0 Å². The van der Waals surface area contributed by atoms with Gasteiger partial charge in [0, 0.05) is 5.92 Å². The maximum absolute atomic E-state index is 10.8. The summed E-state index contributed by atoms with van der Waals surface area (Å²) in [6.45, 7) is 0. The van der Waals surface area contributed by atoms with Gasteiger partial charge < -0.3 is 15.9 Å². The van der Waals surface area contributed by atoms with E-state index in [1.54, 1.807) is 0 Å². The molecule has 0 saturated heterocycles. The lowest BCUT2D eigenvalue weighted by atomic mass is 9.92. The molecule has 0 aromatic rings. The number of hydrogen-bond donors (Lipinski definition) is 3. The van der Waals surface area contributed by atoms with Crippen molar-refractivity contribution in [3.8, 4) is 0 Å². The zero-order chi connectivity index (χ0) is 9.80. The summed E-state index contributed by atoms with van der Waals surface area (Å²) < 4.78 is 0. The average molecular weight is 185 g/mol. The largest absolute Gasteiger partial charge is 0.481 e. The Bertz CT molecular complexity index is 290. The number of carboxylic acids is 2. The van der Waals surface area contributed by atoms with Crippen LogP contribution in [0.25, 0.3) is 0 Å².